The van der Waals surface area contributed by atoms with Crippen LogP contribution in [0.4, 0.5) is 0 Å². The van der Waals surface area contributed by atoms with Gasteiger partial charge in [0.25, 0.3) is 0 Å². The number of para-hydroxylation sites is 2. The molecule has 2 atom stereocenters. The Balaban J connectivity index is 1.06. The van der Waals surface area contributed by atoms with Crippen molar-refractivity contribution in [2.75, 3.05) is 0 Å². The molecule has 2 unspecified atom stereocenters. The highest BCUT2D eigenvalue weighted by Gasteiger charge is 2.50. The predicted octanol–water partition coefficient (Wildman–Crippen LogP) is 14.1. The van der Waals surface area contributed by atoms with Crippen LogP contribution in [0.2, 0.25) is 0 Å². The minimum absolute atomic E-state index is 0.0142. The molecule has 11 aromatic carbocycles. The van der Waals surface area contributed by atoms with Gasteiger partial charge in [-0.25, -0.2) is 0 Å². The van der Waals surface area contributed by atoms with Crippen molar-refractivity contribution in [3.05, 3.63) is 306 Å². The van der Waals surface area contributed by atoms with E-state index in [-0.39, 0.29) is 41.7 Å². The largest absolute Gasteiger partial charge is 0.309 e. The van der Waals surface area contributed by atoms with Crippen molar-refractivity contribution in [2.45, 2.75) is 11.8 Å². The van der Waals surface area contributed by atoms with Gasteiger partial charge in [0.2, 0.25) is 0 Å². The Morgan fingerprint density at radius 2 is 0.871 bits per heavy atom. The fourth-order valence-electron chi connectivity index (χ4n) is 12.4. The van der Waals surface area contributed by atoms with Crippen LogP contribution in [0, 0.1) is 0 Å². The van der Waals surface area contributed by atoms with Gasteiger partial charge in [0.15, 0.2) is 8.07 Å². The number of aromatic nitrogens is 1. The summed E-state index contributed by atoms with van der Waals surface area (Å²) in [6.07, 6.45) is 0. The van der Waals surface area contributed by atoms with Crippen molar-refractivity contribution in [1.82, 2.24) is 4.57 Å². The highest BCUT2D eigenvalue weighted by atomic mass is 28.3. The molecule has 0 spiro atoms. The third-order valence-electron chi connectivity index (χ3n) is 15.2. The molecule has 3 aliphatic rings. The lowest BCUT2D eigenvalue weighted by Gasteiger charge is -2.47. The zero-order valence-corrected chi connectivity index (χ0v) is 39.2. The summed E-state index contributed by atoms with van der Waals surface area (Å²) in [5.41, 5.74) is 16.7. The predicted molar refractivity (Wildman–Crippen MR) is 295 cm³/mol. The van der Waals surface area contributed by atoms with Gasteiger partial charge in [0, 0.05) is 28.3 Å². The summed E-state index contributed by atoms with van der Waals surface area (Å²) >= 11 is 0. The SMILES string of the molecule is [2H]c1c([2H])c([2H])c(-n2c3ccccc3c3cc(-c4cccc5c4C4c6ccccc6C5c5cccc([Si](c6ccccc6)(c6ccccc6)c6cc(-c7ccccc7)cc(-c7ccccc7)c6)c54)ccc32)c([2H])c1[2H]. The summed E-state index contributed by atoms with van der Waals surface area (Å²) in [6.45, 7) is 0. The van der Waals surface area contributed by atoms with E-state index in [2.05, 4.69) is 224 Å². The normalized spacial score (nSPS) is 15.6. The molecule has 1 aromatic heterocycles. The van der Waals surface area contributed by atoms with Crippen LogP contribution >= 0.6 is 0 Å². The number of hydrogen-bond acceptors (Lipinski definition) is 0. The quantitative estimate of drug-likeness (QED) is 0.106. The first kappa shape index (κ1) is 35.6. The van der Waals surface area contributed by atoms with Gasteiger partial charge in [-0.3, -0.25) is 0 Å². The molecule has 70 heavy (non-hydrogen) atoms. The van der Waals surface area contributed by atoms with Crippen LogP contribution in [0.1, 0.15) is 52.1 Å². The smallest absolute Gasteiger partial charge is 0.179 e. The highest BCUT2D eigenvalue weighted by Crippen LogP contribution is 2.58. The van der Waals surface area contributed by atoms with E-state index >= 15 is 0 Å². The average molecular weight is 911 g/mol. The molecule has 0 N–H and O–H groups in total. The van der Waals surface area contributed by atoms with E-state index < -0.39 is 14.1 Å². The van der Waals surface area contributed by atoms with E-state index in [1.807, 2.05) is 22.8 Å². The van der Waals surface area contributed by atoms with Crippen molar-refractivity contribution < 1.29 is 6.85 Å². The lowest BCUT2D eigenvalue weighted by atomic mass is 9.60. The molecular weight excluding hydrogens is 859 g/mol. The first-order chi connectivity index (χ1) is 36.8. The molecule has 0 aliphatic heterocycles. The van der Waals surface area contributed by atoms with Gasteiger partial charge >= 0.3 is 0 Å². The molecule has 3 aliphatic carbocycles. The summed E-state index contributed by atoms with van der Waals surface area (Å²) in [5, 5.41) is 7.22. The third-order valence-corrected chi connectivity index (χ3v) is 20.0. The second kappa shape index (κ2) is 16.3. The molecule has 0 amide bonds. The summed E-state index contributed by atoms with van der Waals surface area (Å²) in [7, 11) is -3.27. The van der Waals surface area contributed by atoms with Crippen LogP contribution in [-0.2, 0) is 0 Å². The minimum Gasteiger partial charge on any atom is -0.309 e. The number of nitrogens with zero attached hydrogens (tertiary/aromatic N) is 1. The Labute approximate surface area is 417 Å². The summed E-state index contributed by atoms with van der Waals surface area (Å²) in [6, 6.07) is 87.7. The van der Waals surface area contributed by atoms with E-state index in [0.29, 0.717) is 0 Å². The molecule has 328 valence electrons. The second-order valence-corrected chi connectivity index (χ2v) is 22.5. The monoisotopic (exact) mass is 910 g/mol. The van der Waals surface area contributed by atoms with E-state index in [4.69, 9.17) is 6.85 Å². The van der Waals surface area contributed by atoms with Crippen LogP contribution in [0.15, 0.2) is 273 Å². The minimum atomic E-state index is -3.27. The van der Waals surface area contributed by atoms with Crippen molar-refractivity contribution in [2.24, 2.45) is 0 Å². The Bertz CT molecular complexity index is 4120. The maximum absolute atomic E-state index is 9.05. The topological polar surface area (TPSA) is 4.93 Å². The Kier molecular flexibility index (Phi) is 8.28. The lowest BCUT2D eigenvalue weighted by Crippen LogP contribution is -2.75. The van der Waals surface area contributed by atoms with Crippen molar-refractivity contribution >= 4 is 50.6 Å². The lowest BCUT2D eigenvalue weighted by molar-refractivity contribution is 0.760. The molecule has 15 rings (SSSR count). The summed E-state index contributed by atoms with van der Waals surface area (Å²) in [4.78, 5) is 0. The van der Waals surface area contributed by atoms with Gasteiger partial charge in [-0.05, 0) is 124 Å². The molecule has 0 fully saturated rings. The first-order valence-electron chi connectivity index (χ1n) is 26.7. The van der Waals surface area contributed by atoms with Crippen molar-refractivity contribution in [3.63, 3.8) is 0 Å². The molecule has 0 saturated heterocycles. The van der Waals surface area contributed by atoms with E-state index in [1.54, 1.807) is 0 Å². The molecule has 2 bridgehead atoms. The van der Waals surface area contributed by atoms with Gasteiger partial charge in [-0.1, -0.05) is 237 Å². The number of hydrogen-bond donors (Lipinski definition) is 0. The van der Waals surface area contributed by atoms with Crippen LogP contribution in [0.5, 0.6) is 0 Å². The highest BCUT2D eigenvalue weighted by molar-refractivity contribution is 7.20. The fraction of sp³-hybridized carbons (Fsp3) is 0.0294. The van der Waals surface area contributed by atoms with Gasteiger partial charge < -0.3 is 4.57 Å². The van der Waals surface area contributed by atoms with Gasteiger partial charge in [0.05, 0.1) is 17.9 Å². The Morgan fingerprint density at radius 3 is 1.53 bits per heavy atom. The summed E-state index contributed by atoms with van der Waals surface area (Å²) < 4.78 is 45.5. The average Bonchev–Trinajstić information content (AvgIpc) is 3.87. The second-order valence-electron chi connectivity index (χ2n) is 18.7. The molecular formula is C68H47NSi. The van der Waals surface area contributed by atoms with Crippen molar-refractivity contribution in [1.29, 1.82) is 0 Å². The molecule has 2 heteroatoms. The van der Waals surface area contributed by atoms with Crippen molar-refractivity contribution in [3.8, 4) is 39.1 Å². The van der Waals surface area contributed by atoms with Gasteiger partial charge in [-0.2, -0.15) is 0 Å². The van der Waals surface area contributed by atoms with E-state index in [0.717, 1.165) is 32.9 Å². The molecule has 0 radical (unpaired) electrons. The molecule has 0 saturated carbocycles. The Hall–Kier alpha value is -8.56. The standard InChI is InChI=1S/C68H47NSi/c1-6-22-46(23-7-1)49-42-50(47-24-8-2-9-25-47)44-54(43-49)70(52-28-12-4-13-29-52,53-30-14-5-15-31-53)64-39-21-37-60-65-57-33-16-17-34-58(57)68(67(60)64)66-55(35-20-36-59(65)66)48-40-41-63-61(45-48)56-32-18-19-38-62(56)69(63)51-26-10-3-11-27-51/h1-45,65,68H/i3D,10D,11D,26D,27D. The fourth-order valence-corrected chi connectivity index (χ4v) is 17.5. The Morgan fingerprint density at radius 1 is 0.343 bits per heavy atom. The van der Waals surface area contributed by atoms with Crippen LogP contribution in [0.25, 0.3) is 60.9 Å². The van der Waals surface area contributed by atoms with Crippen LogP contribution < -0.4 is 20.7 Å². The molecule has 1 nitrogen and oxygen atoms in total. The number of fused-ring (bicyclic) bond motifs is 3. The van der Waals surface area contributed by atoms with E-state index in [1.165, 1.54) is 76.4 Å². The van der Waals surface area contributed by atoms with Crippen LogP contribution in [0.3, 0.4) is 0 Å². The molecule has 1 heterocycles. The van der Waals surface area contributed by atoms with Gasteiger partial charge in [-0.15, -0.1) is 0 Å². The zero-order chi connectivity index (χ0) is 50.5. The number of rotatable bonds is 8. The zero-order valence-electron chi connectivity index (χ0n) is 43.2. The third kappa shape index (κ3) is 6.10. The van der Waals surface area contributed by atoms with Crippen LogP contribution in [-0.4, -0.2) is 12.6 Å². The maximum atomic E-state index is 9.05. The first-order valence-corrected chi connectivity index (χ1v) is 26.2. The number of benzene rings is 11. The summed E-state index contributed by atoms with van der Waals surface area (Å²) in [5.74, 6) is -0.128. The molecule has 12 aromatic rings. The van der Waals surface area contributed by atoms with Gasteiger partial charge in [0.1, 0.15) is 0 Å². The van der Waals surface area contributed by atoms with E-state index in [9.17, 15) is 0 Å². The maximum Gasteiger partial charge on any atom is 0.179 e.